The van der Waals surface area contributed by atoms with Crippen molar-refractivity contribution < 1.29 is 4.79 Å². The molecular weight excluding hydrogens is 272 g/mol. The molecule has 1 amide bonds. The van der Waals surface area contributed by atoms with Gasteiger partial charge in [0.05, 0.1) is 17.3 Å². The summed E-state index contributed by atoms with van der Waals surface area (Å²) in [5, 5.41) is 0.735. The van der Waals surface area contributed by atoms with Crippen LogP contribution in [0, 0.1) is 0 Å². The second kappa shape index (κ2) is 6.47. The lowest BCUT2D eigenvalue weighted by molar-refractivity contribution is 0.0735. The highest BCUT2D eigenvalue weighted by Gasteiger charge is 2.22. The van der Waals surface area contributed by atoms with Crippen molar-refractivity contribution >= 4 is 17.7 Å². The summed E-state index contributed by atoms with van der Waals surface area (Å²) in [4.78, 5) is 26.5. The molecule has 2 aromatic heterocycles. The molecule has 1 atom stereocenters. The number of rotatable bonds is 4. The van der Waals surface area contributed by atoms with Gasteiger partial charge in [0, 0.05) is 19.4 Å². The van der Waals surface area contributed by atoms with Crippen molar-refractivity contribution in [1.29, 1.82) is 0 Å². The van der Waals surface area contributed by atoms with Gasteiger partial charge >= 0.3 is 0 Å². The molecule has 6 heteroatoms. The summed E-state index contributed by atoms with van der Waals surface area (Å²) in [5.41, 5.74) is 1.42. The fraction of sp³-hybridized carbons (Fsp3) is 0.286. The van der Waals surface area contributed by atoms with E-state index in [4.69, 9.17) is 0 Å². The van der Waals surface area contributed by atoms with Crippen LogP contribution in [0.2, 0.25) is 0 Å². The summed E-state index contributed by atoms with van der Waals surface area (Å²) in [5.74, 6) is -0.0615. The fourth-order valence-corrected chi connectivity index (χ4v) is 2.37. The van der Waals surface area contributed by atoms with Crippen LogP contribution >= 0.6 is 11.8 Å². The second-order valence-electron chi connectivity index (χ2n) is 4.29. The Bertz CT molecular complexity index is 591. The molecule has 0 saturated heterocycles. The van der Waals surface area contributed by atoms with Crippen molar-refractivity contribution in [2.75, 3.05) is 13.3 Å². The molecule has 0 bridgehead atoms. The SMILES string of the molecule is CSc1ncccc1C(=O)N(C)[C@@H](C)c1ccncn1. The van der Waals surface area contributed by atoms with E-state index >= 15 is 0 Å². The third-order valence-electron chi connectivity index (χ3n) is 3.13. The van der Waals surface area contributed by atoms with Gasteiger partial charge in [-0.15, -0.1) is 11.8 Å². The molecule has 2 aromatic rings. The Hall–Kier alpha value is -1.95. The third kappa shape index (κ3) is 2.96. The molecule has 0 spiro atoms. The lowest BCUT2D eigenvalue weighted by Gasteiger charge is -2.24. The van der Waals surface area contributed by atoms with Crippen LogP contribution in [-0.4, -0.2) is 39.1 Å². The van der Waals surface area contributed by atoms with Gasteiger partial charge in [0.15, 0.2) is 0 Å². The zero-order valence-corrected chi connectivity index (χ0v) is 12.5. The van der Waals surface area contributed by atoms with Crippen LogP contribution in [0.3, 0.4) is 0 Å². The van der Waals surface area contributed by atoms with E-state index < -0.39 is 0 Å². The van der Waals surface area contributed by atoms with Crippen LogP contribution in [0.15, 0.2) is 41.9 Å². The summed E-state index contributed by atoms with van der Waals surface area (Å²) in [6.45, 7) is 1.94. The number of amides is 1. The first-order valence-electron chi connectivity index (χ1n) is 6.17. The summed E-state index contributed by atoms with van der Waals surface area (Å²) in [6.07, 6.45) is 6.76. The van der Waals surface area contributed by atoms with Crippen molar-refractivity contribution in [3.8, 4) is 0 Å². The Kier molecular flexibility index (Phi) is 4.68. The number of carbonyl (C=O) groups excluding carboxylic acids is 1. The van der Waals surface area contributed by atoms with E-state index in [2.05, 4.69) is 15.0 Å². The lowest BCUT2D eigenvalue weighted by Crippen LogP contribution is -2.30. The predicted octanol–water partition coefficient (Wildman–Crippen LogP) is 2.43. The number of carbonyl (C=O) groups is 1. The highest BCUT2D eigenvalue weighted by atomic mass is 32.2. The van der Waals surface area contributed by atoms with Crippen LogP contribution in [0.1, 0.15) is 29.0 Å². The van der Waals surface area contributed by atoms with Gasteiger partial charge in [-0.05, 0) is 31.4 Å². The minimum atomic E-state index is -0.125. The molecule has 5 nitrogen and oxygen atoms in total. The van der Waals surface area contributed by atoms with Crippen molar-refractivity contribution in [1.82, 2.24) is 19.9 Å². The van der Waals surface area contributed by atoms with Crippen molar-refractivity contribution in [3.05, 3.63) is 48.2 Å². The van der Waals surface area contributed by atoms with Crippen LogP contribution in [0.4, 0.5) is 0 Å². The molecule has 2 rings (SSSR count). The van der Waals surface area contributed by atoms with Crippen LogP contribution in [0.5, 0.6) is 0 Å². The van der Waals surface area contributed by atoms with Crippen molar-refractivity contribution in [2.45, 2.75) is 18.0 Å². The minimum Gasteiger partial charge on any atom is -0.333 e. The molecule has 0 fully saturated rings. The Morgan fingerprint density at radius 1 is 1.30 bits per heavy atom. The van der Waals surface area contributed by atoms with Gasteiger partial charge in [0.25, 0.3) is 5.91 Å². The van der Waals surface area contributed by atoms with E-state index in [1.165, 1.54) is 18.1 Å². The maximum absolute atomic E-state index is 12.6. The van der Waals surface area contributed by atoms with Gasteiger partial charge < -0.3 is 4.90 Å². The largest absolute Gasteiger partial charge is 0.333 e. The third-order valence-corrected chi connectivity index (χ3v) is 3.84. The minimum absolute atomic E-state index is 0.0615. The van der Waals surface area contributed by atoms with Gasteiger partial charge in [-0.3, -0.25) is 4.79 Å². The van der Waals surface area contributed by atoms with Gasteiger partial charge in [-0.25, -0.2) is 15.0 Å². The van der Waals surface area contributed by atoms with Crippen molar-refractivity contribution in [2.24, 2.45) is 0 Å². The monoisotopic (exact) mass is 288 g/mol. The van der Waals surface area contributed by atoms with Gasteiger partial charge in [0.2, 0.25) is 0 Å². The number of pyridine rings is 1. The normalized spacial score (nSPS) is 11.9. The van der Waals surface area contributed by atoms with Crippen LogP contribution in [-0.2, 0) is 0 Å². The van der Waals surface area contributed by atoms with E-state index in [0.717, 1.165) is 10.7 Å². The first-order chi connectivity index (χ1) is 9.65. The molecule has 104 valence electrons. The summed E-state index contributed by atoms with van der Waals surface area (Å²) >= 11 is 1.46. The standard InChI is InChI=1S/C14H16N4OS/c1-10(12-6-8-15-9-17-12)18(2)14(19)11-5-4-7-16-13(11)20-3/h4-10H,1-3H3/t10-/m0/s1. The quantitative estimate of drug-likeness (QED) is 0.809. The first kappa shape index (κ1) is 14.5. The number of nitrogens with zero attached hydrogens (tertiary/aromatic N) is 4. The van der Waals surface area contributed by atoms with E-state index in [1.54, 1.807) is 36.5 Å². The van der Waals surface area contributed by atoms with Gasteiger partial charge in [-0.1, -0.05) is 0 Å². The van der Waals surface area contributed by atoms with E-state index in [9.17, 15) is 4.79 Å². The molecule has 0 aliphatic carbocycles. The second-order valence-corrected chi connectivity index (χ2v) is 5.08. The molecule has 0 N–H and O–H groups in total. The van der Waals surface area contributed by atoms with Gasteiger partial charge in [-0.2, -0.15) is 0 Å². The van der Waals surface area contributed by atoms with E-state index in [-0.39, 0.29) is 11.9 Å². The summed E-state index contributed by atoms with van der Waals surface area (Å²) in [6, 6.07) is 5.26. The molecule has 2 heterocycles. The topological polar surface area (TPSA) is 59.0 Å². The Labute approximate surface area is 122 Å². The Morgan fingerprint density at radius 2 is 2.10 bits per heavy atom. The Balaban J connectivity index is 2.24. The first-order valence-corrected chi connectivity index (χ1v) is 7.39. The molecule has 0 unspecified atom stereocenters. The van der Waals surface area contributed by atoms with Crippen LogP contribution in [0.25, 0.3) is 0 Å². The number of hydrogen-bond acceptors (Lipinski definition) is 5. The average molecular weight is 288 g/mol. The smallest absolute Gasteiger partial charge is 0.256 e. The molecule has 0 radical (unpaired) electrons. The molecule has 0 aliphatic heterocycles. The Morgan fingerprint density at radius 3 is 2.75 bits per heavy atom. The highest BCUT2D eigenvalue weighted by molar-refractivity contribution is 7.98. The summed E-state index contributed by atoms with van der Waals surface area (Å²) < 4.78 is 0. The number of thioether (sulfide) groups is 1. The van der Waals surface area contributed by atoms with Crippen LogP contribution < -0.4 is 0 Å². The number of hydrogen-bond donors (Lipinski definition) is 0. The van der Waals surface area contributed by atoms with Gasteiger partial charge in [0.1, 0.15) is 11.4 Å². The average Bonchev–Trinajstić information content (AvgIpc) is 2.53. The zero-order chi connectivity index (χ0) is 14.5. The fourth-order valence-electron chi connectivity index (χ4n) is 1.83. The molecule has 0 aliphatic rings. The zero-order valence-electron chi connectivity index (χ0n) is 11.6. The molecular formula is C14H16N4OS. The number of aromatic nitrogens is 3. The maximum Gasteiger partial charge on any atom is 0.256 e. The lowest BCUT2D eigenvalue weighted by atomic mass is 10.1. The van der Waals surface area contributed by atoms with E-state index in [1.807, 2.05) is 19.2 Å². The maximum atomic E-state index is 12.6. The summed E-state index contributed by atoms with van der Waals surface area (Å²) in [7, 11) is 1.77. The molecule has 20 heavy (non-hydrogen) atoms. The molecule has 0 aromatic carbocycles. The van der Waals surface area contributed by atoms with Crippen molar-refractivity contribution in [3.63, 3.8) is 0 Å². The highest BCUT2D eigenvalue weighted by Crippen LogP contribution is 2.22. The molecule has 0 saturated carbocycles. The van der Waals surface area contributed by atoms with E-state index in [0.29, 0.717) is 5.56 Å². The predicted molar refractivity (Wildman–Crippen MR) is 78.6 cm³/mol.